The number of hydrogen-bond acceptors (Lipinski definition) is 3. The smallest absolute Gasteiger partial charge is 0.414 e. The van der Waals surface area contributed by atoms with Gasteiger partial charge in [0.1, 0.15) is 5.75 Å². The molecule has 0 aromatic heterocycles. The number of amides is 2. The van der Waals surface area contributed by atoms with E-state index < -0.39 is 12.0 Å². The summed E-state index contributed by atoms with van der Waals surface area (Å²) in [5.41, 5.74) is 0.277. The first-order valence-electron chi connectivity index (χ1n) is 4.21. The molecule has 0 saturated carbocycles. The van der Waals surface area contributed by atoms with Gasteiger partial charge in [-0.25, -0.2) is 9.69 Å². The van der Waals surface area contributed by atoms with E-state index in [1.54, 1.807) is 12.1 Å². The van der Waals surface area contributed by atoms with Crippen LogP contribution in [0.15, 0.2) is 24.3 Å². The van der Waals surface area contributed by atoms with Crippen LogP contribution in [0.5, 0.6) is 5.75 Å². The van der Waals surface area contributed by atoms with E-state index in [9.17, 15) is 9.59 Å². The van der Waals surface area contributed by atoms with Gasteiger partial charge >= 0.3 is 6.09 Å². The number of rotatable bonds is 2. The van der Waals surface area contributed by atoms with Gasteiger partial charge in [-0.05, 0) is 18.2 Å². The molecule has 0 atom stereocenters. The molecule has 0 unspecified atom stereocenters. The van der Waals surface area contributed by atoms with E-state index in [1.165, 1.54) is 26.3 Å². The highest BCUT2D eigenvalue weighted by Crippen LogP contribution is 2.13. The zero-order valence-electron chi connectivity index (χ0n) is 8.43. The lowest BCUT2D eigenvalue weighted by molar-refractivity contribution is 0.0781. The largest absolute Gasteiger partial charge is 0.497 e. The van der Waals surface area contributed by atoms with Gasteiger partial charge in [0.05, 0.1) is 7.11 Å². The Kier molecular flexibility index (Phi) is 3.28. The first kappa shape index (κ1) is 11.0. The second kappa shape index (κ2) is 4.45. The number of benzene rings is 1. The molecule has 0 aliphatic heterocycles. The standard InChI is InChI=1S/C10H11NO4/c1-11(10(13)14)9(12)7-4-3-5-8(6-7)15-2/h3-6H,1-2H3,(H,13,14). The van der Waals surface area contributed by atoms with Gasteiger partial charge in [-0.1, -0.05) is 6.07 Å². The molecule has 0 saturated heterocycles. The maximum atomic E-state index is 11.5. The summed E-state index contributed by atoms with van der Waals surface area (Å²) in [7, 11) is 2.68. The molecule has 1 aromatic carbocycles. The van der Waals surface area contributed by atoms with Gasteiger partial charge in [0.15, 0.2) is 0 Å². The SMILES string of the molecule is COc1cccc(C(=O)N(C)C(=O)O)c1. The minimum atomic E-state index is -1.29. The number of nitrogens with zero attached hydrogens (tertiary/aromatic N) is 1. The third-order valence-corrected chi connectivity index (χ3v) is 1.91. The number of hydrogen-bond donors (Lipinski definition) is 1. The third kappa shape index (κ3) is 2.46. The van der Waals surface area contributed by atoms with Crippen molar-refractivity contribution in [1.29, 1.82) is 0 Å². The summed E-state index contributed by atoms with van der Waals surface area (Å²) in [5.74, 6) is -0.0685. The van der Waals surface area contributed by atoms with Gasteiger partial charge in [-0.3, -0.25) is 4.79 Å². The molecule has 5 nitrogen and oxygen atoms in total. The minimum absolute atomic E-state index is 0.277. The average Bonchev–Trinajstić information content (AvgIpc) is 2.27. The second-order valence-electron chi connectivity index (χ2n) is 2.88. The van der Waals surface area contributed by atoms with E-state index in [0.717, 1.165) is 0 Å². The van der Waals surface area contributed by atoms with Crippen LogP contribution in [0.25, 0.3) is 0 Å². The van der Waals surface area contributed by atoms with Crippen molar-refractivity contribution in [2.75, 3.05) is 14.2 Å². The Morgan fingerprint density at radius 3 is 2.60 bits per heavy atom. The summed E-state index contributed by atoms with van der Waals surface area (Å²) in [5, 5.41) is 8.61. The normalized spacial score (nSPS) is 9.47. The van der Waals surface area contributed by atoms with Crippen molar-refractivity contribution in [3.8, 4) is 5.75 Å². The van der Waals surface area contributed by atoms with Crippen LogP contribution in [0.4, 0.5) is 4.79 Å². The zero-order chi connectivity index (χ0) is 11.4. The van der Waals surface area contributed by atoms with E-state index in [-0.39, 0.29) is 5.56 Å². The number of methoxy groups -OCH3 is 1. The molecular formula is C10H11NO4. The Labute approximate surface area is 86.9 Å². The maximum Gasteiger partial charge on any atom is 0.414 e. The molecule has 0 heterocycles. The molecule has 0 radical (unpaired) electrons. The van der Waals surface area contributed by atoms with E-state index in [2.05, 4.69) is 0 Å². The molecule has 1 rings (SSSR count). The van der Waals surface area contributed by atoms with Crippen molar-refractivity contribution in [3.05, 3.63) is 29.8 Å². The Morgan fingerprint density at radius 1 is 1.40 bits per heavy atom. The summed E-state index contributed by atoms with van der Waals surface area (Å²) in [6.07, 6.45) is -1.29. The summed E-state index contributed by atoms with van der Waals surface area (Å²) in [4.78, 5) is 22.7. The lowest BCUT2D eigenvalue weighted by atomic mass is 10.2. The highest BCUT2D eigenvalue weighted by Gasteiger charge is 2.17. The van der Waals surface area contributed by atoms with Crippen molar-refractivity contribution in [2.45, 2.75) is 0 Å². The Morgan fingerprint density at radius 2 is 2.07 bits per heavy atom. The molecule has 0 aliphatic rings. The number of carbonyl (C=O) groups is 2. The van der Waals surface area contributed by atoms with Gasteiger partial charge in [0, 0.05) is 12.6 Å². The van der Waals surface area contributed by atoms with Gasteiger partial charge < -0.3 is 9.84 Å². The van der Waals surface area contributed by atoms with E-state index in [4.69, 9.17) is 9.84 Å². The molecule has 0 spiro atoms. The first-order valence-corrected chi connectivity index (χ1v) is 4.21. The average molecular weight is 209 g/mol. The van der Waals surface area contributed by atoms with E-state index >= 15 is 0 Å². The van der Waals surface area contributed by atoms with Crippen molar-refractivity contribution in [1.82, 2.24) is 4.90 Å². The topological polar surface area (TPSA) is 66.8 Å². The van der Waals surface area contributed by atoms with Crippen LogP contribution in [0.1, 0.15) is 10.4 Å². The molecule has 0 fully saturated rings. The molecule has 15 heavy (non-hydrogen) atoms. The number of imide groups is 1. The summed E-state index contributed by atoms with van der Waals surface area (Å²) >= 11 is 0. The lowest BCUT2D eigenvalue weighted by Gasteiger charge is -2.11. The van der Waals surface area contributed by atoms with Crippen LogP contribution in [0.2, 0.25) is 0 Å². The van der Waals surface area contributed by atoms with Gasteiger partial charge in [0.2, 0.25) is 0 Å². The van der Waals surface area contributed by atoms with Crippen molar-refractivity contribution >= 4 is 12.0 Å². The van der Waals surface area contributed by atoms with Gasteiger partial charge in [-0.15, -0.1) is 0 Å². The van der Waals surface area contributed by atoms with Crippen molar-refractivity contribution in [3.63, 3.8) is 0 Å². The lowest BCUT2D eigenvalue weighted by Crippen LogP contribution is -2.31. The van der Waals surface area contributed by atoms with Crippen LogP contribution in [-0.4, -0.2) is 36.2 Å². The summed E-state index contributed by atoms with van der Waals surface area (Å²) < 4.78 is 4.93. The molecule has 5 heteroatoms. The maximum absolute atomic E-state index is 11.5. The van der Waals surface area contributed by atoms with Gasteiger partial charge in [0.25, 0.3) is 5.91 Å². The predicted molar refractivity (Wildman–Crippen MR) is 53.1 cm³/mol. The molecule has 80 valence electrons. The fourth-order valence-corrected chi connectivity index (χ4v) is 1.04. The minimum Gasteiger partial charge on any atom is -0.497 e. The molecule has 1 aromatic rings. The van der Waals surface area contributed by atoms with Gasteiger partial charge in [-0.2, -0.15) is 0 Å². The number of ether oxygens (including phenoxy) is 1. The zero-order valence-corrected chi connectivity index (χ0v) is 8.43. The fourth-order valence-electron chi connectivity index (χ4n) is 1.04. The third-order valence-electron chi connectivity index (χ3n) is 1.91. The van der Waals surface area contributed by atoms with Crippen LogP contribution >= 0.6 is 0 Å². The van der Waals surface area contributed by atoms with E-state index in [0.29, 0.717) is 10.6 Å². The molecule has 0 bridgehead atoms. The molecule has 1 N–H and O–H groups in total. The molecular weight excluding hydrogens is 198 g/mol. The monoisotopic (exact) mass is 209 g/mol. The summed E-state index contributed by atoms with van der Waals surface area (Å²) in [6.45, 7) is 0. The molecule has 2 amide bonds. The Balaban J connectivity index is 2.96. The highest BCUT2D eigenvalue weighted by atomic mass is 16.5. The number of carboxylic acid groups (broad SMARTS) is 1. The van der Waals surface area contributed by atoms with Crippen LogP contribution in [-0.2, 0) is 0 Å². The van der Waals surface area contributed by atoms with E-state index in [1.807, 2.05) is 0 Å². The fraction of sp³-hybridized carbons (Fsp3) is 0.200. The highest BCUT2D eigenvalue weighted by molar-refractivity contribution is 6.02. The van der Waals surface area contributed by atoms with Crippen LogP contribution in [0, 0.1) is 0 Å². The quantitative estimate of drug-likeness (QED) is 0.800. The predicted octanol–water partition coefficient (Wildman–Crippen LogP) is 1.45. The van der Waals surface area contributed by atoms with Crippen molar-refractivity contribution in [2.24, 2.45) is 0 Å². The molecule has 0 aliphatic carbocycles. The summed E-state index contributed by atoms with van der Waals surface area (Å²) in [6, 6.07) is 6.32. The second-order valence-corrected chi connectivity index (χ2v) is 2.88. The van der Waals surface area contributed by atoms with Crippen molar-refractivity contribution < 1.29 is 19.4 Å². The van der Waals surface area contributed by atoms with Crippen LogP contribution in [0.3, 0.4) is 0 Å². The Hall–Kier alpha value is -2.04. The first-order chi connectivity index (χ1) is 7.06. The Bertz CT molecular complexity index is 389. The number of carbonyl (C=O) groups excluding carboxylic acids is 1. The van der Waals surface area contributed by atoms with Crippen LogP contribution < -0.4 is 4.74 Å².